The number of pyridine rings is 1. The number of benzene rings is 1. The molecule has 0 atom stereocenters. The lowest BCUT2D eigenvalue weighted by Crippen LogP contribution is -2.09. The standard InChI is InChI=1S/C16H16FN3/c1-11-9-12(2)20-16(15(11)10-18)19-8-7-13-3-5-14(17)6-4-13/h3-6,9H,7-8H2,1-2H3,(H,19,20). The number of nitriles is 1. The number of anilines is 1. The fourth-order valence-corrected chi connectivity index (χ4v) is 2.08. The minimum atomic E-state index is -0.232. The van der Waals surface area contributed by atoms with E-state index in [1.54, 1.807) is 12.1 Å². The van der Waals surface area contributed by atoms with Crippen molar-refractivity contribution >= 4 is 5.82 Å². The van der Waals surface area contributed by atoms with Crippen LogP contribution in [-0.2, 0) is 6.42 Å². The van der Waals surface area contributed by atoms with E-state index in [1.807, 2.05) is 19.9 Å². The van der Waals surface area contributed by atoms with Crippen LogP contribution in [-0.4, -0.2) is 11.5 Å². The van der Waals surface area contributed by atoms with Crippen molar-refractivity contribution in [2.75, 3.05) is 11.9 Å². The molecule has 1 heterocycles. The van der Waals surface area contributed by atoms with Crippen LogP contribution in [0.1, 0.15) is 22.4 Å². The van der Waals surface area contributed by atoms with Crippen LogP contribution < -0.4 is 5.32 Å². The summed E-state index contributed by atoms with van der Waals surface area (Å²) in [5, 5.41) is 12.3. The molecule has 0 bridgehead atoms. The van der Waals surface area contributed by atoms with Gasteiger partial charge in [0.1, 0.15) is 17.7 Å². The first kappa shape index (κ1) is 14.0. The summed E-state index contributed by atoms with van der Waals surface area (Å²) in [7, 11) is 0. The van der Waals surface area contributed by atoms with E-state index in [-0.39, 0.29) is 5.82 Å². The summed E-state index contributed by atoms with van der Waals surface area (Å²) in [5.74, 6) is 0.386. The summed E-state index contributed by atoms with van der Waals surface area (Å²) in [6.45, 7) is 4.45. The van der Waals surface area contributed by atoms with Crippen molar-refractivity contribution in [2.45, 2.75) is 20.3 Å². The van der Waals surface area contributed by atoms with Crippen molar-refractivity contribution in [2.24, 2.45) is 0 Å². The van der Waals surface area contributed by atoms with Crippen molar-refractivity contribution in [3.05, 3.63) is 58.5 Å². The Labute approximate surface area is 118 Å². The Kier molecular flexibility index (Phi) is 4.31. The molecule has 20 heavy (non-hydrogen) atoms. The second kappa shape index (κ2) is 6.16. The van der Waals surface area contributed by atoms with Crippen LogP contribution >= 0.6 is 0 Å². The number of aromatic nitrogens is 1. The Morgan fingerprint density at radius 2 is 1.95 bits per heavy atom. The first-order chi connectivity index (χ1) is 9.60. The number of hydrogen-bond donors (Lipinski definition) is 1. The molecule has 102 valence electrons. The summed E-state index contributed by atoms with van der Waals surface area (Å²) < 4.78 is 12.8. The molecule has 0 amide bonds. The third-order valence-corrected chi connectivity index (χ3v) is 3.08. The lowest BCUT2D eigenvalue weighted by atomic mass is 10.1. The summed E-state index contributed by atoms with van der Waals surface area (Å²) in [5.41, 5.74) is 3.42. The third-order valence-electron chi connectivity index (χ3n) is 3.08. The lowest BCUT2D eigenvalue weighted by Gasteiger charge is -2.10. The normalized spacial score (nSPS) is 10.1. The molecular weight excluding hydrogens is 253 g/mol. The highest BCUT2D eigenvalue weighted by molar-refractivity contribution is 5.56. The molecular formula is C16H16FN3. The van der Waals surface area contributed by atoms with Crippen LogP contribution in [0.25, 0.3) is 0 Å². The highest BCUT2D eigenvalue weighted by Gasteiger charge is 2.07. The van der Waals surface area contributed by atoms with Crippen molar-refractivity contribution in [3.8, 4) is 6.07 Å². The molecule has 0 fully saturated rings. The molecule has 1 aromatic heterocycles. The van der Waals surface area contributed by atoms with Crippen LogP contribution in [0.5, 0.6) is 0 Å². The van der Waals surface area contributed by atoms with Crippen molar-refractivity contribution < 1.29 is 4.39 Å². The second-order valence-corrected chi connectivity index (χ2v) is 4.72. The number of aryl methyl sites for hydroxylation is 2. The summed E-state index contributed by atoms with van der Waals surface area (Å²) in [6, 6.07) is 10.5. The van der Waals surface area contributed by atoms with Gasteiger partial charge in [-0.05, 0) is 49.6 Å². The molecule has 4 heteroatoms. The van der Waals surface area contributed by atoms with Crippen LogP contribution in [0.4, 0.5) is 10.2 Å². The first-order valence-corrected chi connectivity index (χ1v) is 6.47. The number of rotatable bonds is 4. The Morgan fingerprint density at radius 1 is 1.25 bits per heavy atom. The van der Waals surface area contributed by atoms with E-state index < -0.39 is 0 Å². The molecule has 0 aliphatic heterocycles. The van der Waals surface area contributed by atoms with Gasteiger partial charge in [-0.15, -0.1) is 0 Å². The van der Waals surface area contributed by atoms with E-state index >= 15 is 0 Å². The molecule has 2 rings (SSSR count). The van der Waals surface area contributed by atoms with Gasteiger partial charge >= 0.3 is 0 Å². The smallest absolute Gasteiger partial charge is 0.144 e. The van der Waals surface area contributed by atoms with Gasteiger partial charge in [-0.2, -0.15) is 5.26 Å². The topological polar surface area (TPSA) is 48.7 Å². The maximum atomic E-state index is 12.8. The quantitative estimate of drug-likeness (QED) is 0.925. The highest BCUT2D eigenvalue weighted by atomic mass is 19.1. The van der Waals surface area contributed by atoms with Crippen LogP contribution in [0.15, 0.2) is 30.3 Å². The van der Waals surface area contributed by atoms with Gasteiger partial charge in [0.2, 0.25) is 0 Å². The van der Waals surface area contributed by atoms with Crippen molar-refractivity contribution in [1.82, 2.24) is 4.98 Å². The maximum Gasteiger partial charge on any atom is 0.144 e. The van der Waals surface area contributed by atoms with Gasteiger partial charge in [-0.3, -0.25) is 0 Å². The van der Waals surface area contributed by atoms with Gasteiger partial charge in [0.25, 0.3) is 0 Å². The summed E-state index contributed by atoms with van der Waals surface area (Å²) >= 11 is 0. The Hall–Kier alpha value is -2.41. The fourth-order valence-electron chi connectivity index (χ4n) is 2.08. The number of halogens is 1. The van der Waals surface area contributed by atoms with Crippen LogP contribution in [0.2, 0.25) is 0 Å². The molecule has 1 N–H and O–H groups in total. The largest absolute Gasteiger partial charge is 0.369 e. The Morgan fingerprint density at radius 3 is 2.60 bits per heavy atom. The molecule has 2 aromatic rings. The monoisotopic (exact) mass is 269 g/mol. The summed E-state index contributed by atoms with van der Waals surface area (Å²) in [4.78, 5) is 4.36. The van der Waals surface area contributed by atoms with Gasteiger partial charge in [0, 0.05) is 12.2 Å². The average molecular weight is 269 g/mol. The van der Waals surface area contributed by atoms with Crippen molar-refractivity contribution in [1.29, 1.82) is 5.26 Å². The Bertz CT molecular complexity index is 642. The summed E-state index contributed by atoms with van der Waals surface area (Å²) in [6.07, 6.45) is 0.750. The number of nitrogens with one attached hydrogen (secondary N) is 1. The zero-order valence-electron chi connectivity index (χ0n) is 11.6. The van der Waals surface area contributed by atoms with Gasteiger partial charge in [0.05, 0.1) is 5.56 Å². The van der Waals surface area contributed by atoms with E-state index in [0.717, 1.165) is 23.2 Å². The second-order valence-electron chi connectivity index (χ2n) is 4.72. The molecule has 0 aliphatic rings. The molecule has 1 aromatic carbocycles. The highest BCUT2D eigenvalue weighted by Crippen LogP contribution is 2.17. The van der Waals surface area contributed by atoms with Gasteiger partial charge in [-0.1, -0.05) is 12.1 Å². The van der Waals surface area contributed by atoms with E-state index in [4.69, 9.17) is 5.26 Å². The zero-order valence-corrected chi connectivity index (χ0v) is 11.6. The third kappa shape index (κ3) is 3.33. The van der Waals surface area contributed by atoms with E-state index in [0.29, 0.717) is 17.9 Å². The number of nitrogens with zero attached hydrogens (tertiary/aromatic N) is 2. The van der Waals surface area contributed by atoms with Gasteiger partial charge < -0.3 is 5.32 Å². The SMILES string of the molecule is Cc1cc(C)c(C#N)c(NCCc2ccc(F)cc2)n1. The van der Waals surface area contributed by atoms with Gasteiger partial charge in [0.15, 0.2) is 0 Å². The minimum absolute atomic E-state index is 0.232. The average Bonchev–Trinajstić information content (AvgIpc) is 2.40. The molecule has 0 spiro atoms. The van der Waals surface area contributed by atoms with Crippen LogP contribution in [0, 0.1) is 31.0 Å². The predicted octanol–water partition coefficient (Wildman–Crippen LogP) is 3.36. The molecule has 3 nitrogen and oxygen atoms in total. The lowest BCUT2D eigenvalue weighted by molar-refractivity contribution is 0.627. The minimum Gasteiger partial charge on any atom is -0.369 e. The molecule has 0 radical (unpaired) electrons. The van der Waals surface area contributed by atoms with Crippen LogP contribution in [0.3, 0.4) is 0 Å². The van der Waals surface area contributed by atoms with E-state index in [2.05, 4.69) is 16.4 Å². The van der Waals surface area contributed by atoms with Crippen molar-refractivity contribution in [3.63, 3.8) is 0 Å². The maximum absolute atomic E-state index is 12.8. The van der Waals surface area contributed by atoms with E-state index in [1.165, 1.54) is 12.1 Å². The first-order valence-electron chi connectivity index (χ1n) is 6.47. The van der Waals surface area contributed by atoms with Gasteiger partial charge in [-0.25, -0.2) is 9.37 Å². The molecule has 0 aliphatic carbocycles. The molecule has 0 saturated heterocycles. The predicted molar refractivity (Wildman–Crippen MR) is 77.0 cm³/mol. The molecule has 0 saturated carbocycles. The fraction of sp³-hybridized carbons (Fsp3) is 0.250. The van der Waals surface area contributed by atoms with E-state index in [9.17, 15) is 4.39 Å². The zero-order chi connectivity index (χ0) is 14.5. The Balaban J connectivity index is 2.04. The number of hydrogen-bond acceptors (Lipinski definition) is 3. The molecule has 0 unspecified atom stereocenters.